The van der Waals surface area contributed by atoms with Gasteiger partial charge in [0, 0.05) is 50.5 Å². The standard InChI is InChI=1S/C30H40N8O2/c1-2-40-27(39)20-38-18-25(17-34-38)28-29(31)32-21-33-30(28)37-14-12-36(13-15-37)26(19-35-10-5-11-35)24-9-8-22-6-3-4-7-23(22)16-24/h8-9,16-18,21,26H,2-7,10-15,19-20H2,1H3,(H2,31,32,33). The summed E-state index contributed by atoms with van der Waals surface area (Å²) < 4.78 is 6.63. The number of aryl methyl sites for hydroxylation is 2. The Balaban J connectivity index is 1.19. The molecular formula is C30H40N8O2. The predicted octanol–water partition coefficient (Wildman–Crippen LogP) is 2.93. The molecule has 3 aliphatic rings. The first kappa shape index (κ1) is 26.7. The van der Waals surface area contributed by atoms with Crippen molar-refractivity contribution in [3.63, 3.8) is 0 Å². The van der Waals surface area contributed by atoms with Crippen LogP contribution in [0.4, 0.5) is 11.6 Å². The Kier molecular flexibility index (Phi) is 7.97. The van der Waals surface area contributed by atoms with E-state index in [9.17, 15) is 4.79 Å². The number of nitrogens with two attached hydrogens (primary N) is 1. The summed E-state index contributed by atoms with van der Waals surface area (Å²) in [5.74, 6) is 0.904. The molecule has 2 saturated heterocycles. The number of rotatable bonds is 9. The summed E-state index contributed by atoms with van der Waals surface area (Å²) in [6.07, 6.45) is 11.4. The van der Waals surface area contributed by atoms with Crippen LogP contribution in [-0.2, 0) is 28.9 Å². The molecule has 0 radical (unpaired) electrons. The maximum atomic E-state index is 11.9. The number of fused-ring (bicyclic) bond motifs is 1. The van der Waals surface area contributed by atoms with Crippen LogP contribution in [0.1, 0.15) is 48.9 Å². The Morgan fingerprint density at radius 2 is 1.82 bits per heavy atom. The van der Waals surface area contributed by atoms with Crippen LogP contribution >= 0.6 is 0 Å². The first-order chi connectivity index (χ1) is 19.6. The molecule has 2 aliphatic heterocycles. The number of carbonyl (C=O) groups is 1. The number of ether oxygens (including phenoxy) is 1. The van der Waals surface area contributed by atoms with E-state index in [2.05, 4.69) is 48.0 Å². The van der Waals surface area contributed by atoms with Crippen molar-refractivity contribution in [1.29, 1.82) is 0 Å². The normalized spacial score (nSPS) is 18.7. The van der Waals surface area contributed by atoms with E-state index in [1.807, 2.05) is 6.20 Å². The van der Waals surface area contributed by atoms with Crippen LogP contribution in [-0.4, -0.2) is 87.9 Å². The SMILES string of the molecule is CCOC(=O)Cn1cc(-c2c(N)ncnc2N2CCN(C(CN3CCC3)c3ccc4c(c3)CCCC4)CC2)cn1. The Bertz CT molecular complexity index is 1330. The molecule has 10 heteroatoms. The number of nitrogen functional groups attached to an aromatic ring is 1. The van der Waals surface area contributed by atoms with E-state index in [0.717, 1.165) is 49.7 Å². The minimum absolute atomic E-state index is 0.0521. The van der Waals surface area contributed by atoms with Crippen LogP contribution < -0.4 is 10.6 Å². The predicted molar refractivity (Wildman–Crippen MR) is 155 cm³/mol. The van der Waals surface area contributed by atoms with Crippen molar-refractivity contribution >= 4 is 17.6 Å². The number of anilines is 2. The molecule has 212 valence electrons. The third kappa shape index (κ3) is 5.69. The van der Waals surface area contributed by atoms with Gasteiger partial charge in [-0.2, -0.15) is 5.10 Å². The van der Waals surface area contributed by atoms with Crippen LogP contribution in [0.2, 0.25) is 0 Å². The van der Waals surface area contributed by atoms with E-state index in [1.165, 1.54) is 57.1 Å². The highest BCUT2D eigenvalue weighted by Gasteiger charge is 2.30. The lowest BCUT2D eigenvalue weighted by molar-refractivity contribution is -0.144. The average Bonchev–Trinajstić information content (AvgIpc) is 3.40. The molecule has 1 atom stereocenters. The topological polar surface area (TPSA) is 106 Å². The summed E-state index contributed by atoms with van der Waals surface area (Å²) in [5, 5.41) is 4.36. The van der Waals surface area contributed by atoms with Gasteiger partial charge in [-0.15, -0.1) is 0 Å². The van der Waals surface area contributed by atoms with Crippen molar-refractivity contribution in [3.8, 4) is 11.1 Å². The molecule has 0 bridgehead atoms. The van der Waals surface area contributed by atoms with Crippen LogP contribution in [0.15, 0.2) is 36.9 Å². The molecule has 6 rings (SSSR count). The quantitative estimate of drug-likeness (QED) is 0.407. The van der Waals surface area contributed by atoms with Gasteiger partial charge in [0.1, 0.15) is 24.5 Å². The molecule has 4 heterocycles. The maximum Gasteiger partial charge on any atom is 0.327 e. The smallest absolute Gasteiger partial charge is 0.327 e. The van der Waals surface area contributed by atoms with Crippen molar-refractivity contribution in [2.75, 3.05) is 63.1 Å². The highest BCUT2D eigenvalue weighted by molar-refractivity contribution is 5.83. The monoisotopic (exact) mass is 544 g/mol. The van der Waals surface area contributed by atoms with E-state index < -0.39 is 0 Å². The third-order valence-corrected chi connectivity index (χ3v) is 8.57. The van der Waals surface area contributed by atoms with Gasteiger partial charge in [-0.3, -0.25) is 14.4 Å². The number of benzene rings is 1. The van der Waals surface area contributed by atoms with Gasteiger partial charge < -0.3 is 20.3 Å². The van der Waals surface area contributed by atoms with Gasteiger partial charge in [0.25, 0.3) is 0 Å². The first-order valence-corrected chi connectivity index (χ1v) is 14.7. The molecule has 1 aliphatic carbocycles. The molecule has 40 heavy (non-hydrogen) atoms. The highest BCUT2D eigenvalue weighted by atomic mass is 16.5. The van der Waals surface area contributed by atoms with Gasteiger partial charge in [-0.25, -0.2) is 9.97 Å². The summed E-state index contributed by atoms with van der Waals surface area (Å²) in [6, 6.07) is 7.67. The summed E-state index contributed by atoms with van der Waals surface area (Å²) in [5.41, 5.74) is 12.5. The number of hydrogen-bond acceptors (Lipinski definition) is 9. The lowest BCUT2D eigenvalue weighted by atomic mass is 9.88. The molecule has 3 aromatic rings. The van der Waals surface area contributed by atoms with Crippen LogP contribution in [0.3, 0.4) is 0 Å². The number of likely N-dealkylation sites (tertiary alicyclic amines) is 1. The third-order valence-electron chi connectivity index (χ3n) is 8.57. The Hall–Kier alpha value is -3.50. The van der Waals surface area contributed by atoms with Crippen molar-refractivity contribution in [3.05, 3.63) is 53.6 Å². The zero-order chi connectivity index (χ0) is 27.5. The molecular weight excluding hydrogens is 504 g/mol. The van der Waals surface area contributed by atoms with E-state index in [0.29, 0.717) is 18.5 Å². The fourth-order valence-corrected chi connectivity index (χ4v) is 6.27. The summed E-state index contributed by atoms with van der Waals surface area (Å²) >= 11 is 0. The second-order valence-corrected chi connectivity index (χ2v) is 11.1. The van der Waals surface area contributed by atoms with Gasteiger partial charge in [0.2, 0.25) is 0 Å². The molecule has 2 N–H and O–H groups in total. The van der Waals surface area contributed by atoms with Crippen LogP contribution in [0, 0.1) is 0 Å². The zero-order valence-corrected chi connectivity index (χ0v) is 23.5. The number of esters is 1. The van der Waals surface area contributed by atoms with Gasteiger partial charge in [-0.1, -0.05) is 18.2 Å². The number of hydrogen-bond donors (Lipinski definition) is 1. The van der Waals surface area contributed by atoms with Crippen LogP contribution in [0.25, 0.3) is 11.1 Å². The molecule has 0 saturated carbocycles. The average molecular weight is 545 g/mol. The van der Waals surface area contributed by atoms with Crippen molar-refractivity contribution in [2.24, 2.45) is 0 Å². The Morgan fingerprint density at radius 3 is 2.58 bits per heavy atom. The van der Waals surface area contributed by atoms with Crippen LogP contribution in [0.5, 0.6) is 0 Å². The second kappa shape index (κ2) is 11.9. The highest BCUT2D eigenvalue weighted by Crippen LogP contribution is 2.35. The molecule has 2 aromatic heterocycles. The van der Waals surface area contributed by atoms with E-state index >= 15 is 0 Å². The number of piperazine rings is 1. The molecule has 0 amide bonds. The molecule has 1 unspecified atom stereocenters. The molecule has 2 fully saturated rings. The van der Waals surface area contributed by atoms with E-state index in [1.54, 1.807) is 28.9 Å². The summed E-state index contributed by atoms with van der Waals surface area (Å²) in [6.45, 7) is 9.27. The van der Waals surface area contributed by atoms with Gasteiger partial charge in [0.05, 0.1) is 18.4 Å². The van der Waals surface area contributed by atoms with E-state index in [4.69, 9.17) is 10.5 Å². The fourth-order valence-electron chi connectivity index (χ4n) is 6.27. The van der Waals surface area contributed by atoms with Crippen molar-refractivity contribution < 1.29 is 9.53 Å². The lowest BCUT2D eigenvalue weighted by Crippen LogP contribution is -2.51. The van der Waals surface area contributed by atoms with Gasteiger partial charge in [-0.05, 0) is 68.8 Å². The molecule has 10 nitrogen and oxygen atoms in total. The van der Waals surface area contributed by atoms with Crippen molar-refractivity contribution in [2.45, 2.75) is 51.6 Å². The Labute approximate surface area is 236 Å². The number of carbonyl (C=O) groups excluding carboxylic acids is 1. The lowest BCUT2D eigenvalue weighted by Gasteiger charge is -2.43. The van der Waals surface area contributed by atoms with Gasteiger partial charge >= 0.3 is 5.97 Å². The second-order valence-electron chi connectivity index (χ2n) is 11.1. The summed E-state index contributed by atoms with van der Waals surface area (Å²) in [7, 11) is 0. The molecule has 1 aromatic carbocycles. The number of nitrogens with zero attached hydrogens (tertiary/aromatic N) is 7. The maximum absolute atomic E-state index is 11.9. The first-order valence-electron chi connectivity index (χ1n) is 14.7. The number of aromatic nitrogens is 4. The van der Waals surface area contributed by atoms with Gasteiger partial charge in [0.15, 0.2) is 0 Å². The fraction of sp³-hybridized carbons (Fsp3) is 0.533. The minimum atomic E-state index is -0.322. The zero-order valence-electron chi connectivity index (χ0n) is 23.5. The summed E-state index contributed by atoms with van der Waals surface area (Å²) in [4.78, 5) is 28.4. The Morgan fingerprint density at radius 1 is 1.02 bits per heavy atom. The molecule has 0 spiro atoms. The van der Waals surface area contributed by atoms with Crippen molar-refractivity contribution in [1.82, 2.24) is 29.5 Å². The largest absolute Gasteiger partial charge is 0.465 e. The minimum Gasteiger partial charge on any atom is -0.465 e. The van der Waals surface area contributed by atoms with E-state index in [-0.39, 0.29) is 12.5 Å².